The van der Waals surface area contributed by atoms with E-state index < -0.39 is 47.0 Å². The Labute approximate surface area is 138 Å². The fourth-order valence-corrected chi connectivity index (χ4v) is 3.15. The Balaban J connectivity index is 2.24. The van der Waals surface area contributed by atoms with E-state index in [4.69, 9.17) is 14.0 Å². The van der Waals surface area contributed by atoms with E-state index in [0.717, 1.165) is 11.2 Å². The summed E-state index contributed by atoms with van der Waals surface area (Å²) in [5.41, 5.74) is 0.227. The van der Waals surface area contributed by atoms with Crippen LogP contribution in [-0.2, 0) is 19.0 Å². The van der Waals surface area contributed by atoms with Crippen LogP contribution in [0.15, 0.2) is 30.3 Å². The Kier molecular flexibility index (Phi) is 5.42. The Morgan fingerprint density at radius 2 is 1.92 bits per heavy atom. The molecule has 0 spiro atoms. The number of esters is 1. The Morgan fingerprint density at radius 3 is 2.42 bits per heavy atom. The zero-order valence-corrected chi connectivity index (χ0v) is 13.5. The molecule has 3 unspecified atom stereocenters. The van der Waals surface area contributed by atoms with Crippen LogP contribution in [0.2, 0.25) is 0 Å². The number of ether oxygens (including phenoxy) is 1. The summed E-state index contributed by atoms with van der Waals surface area (Å²) in [6.45, 7) is -0.981. The average molecular weight is 359 g/mol. The molecule has 1 aromatic rings. The van der Waals surface area contributed by atoms with Crippen molar-refractivity contribution < 1.29 is 37.1 Å². The molecule has 3 atom stereocenters. The molecule has 0 bridgehead atoms. The maximum Gasteiger partial charge on any atom is 0.407 e. The van der Waals surface area contributed by atoms with Crippen molar-refractivity contribution in [3.05, 3.63) is 35.9 Å². The van der Waals surface area contributed by atoms with Crippen LogP contribution < -0.4 is 0 Å². The van der Waals surface area contributed by atoms with Gasteiger partial charge in [-0.05, 0) is 12.1 Å². The molecule has 10 heteroatoms. The van der Waals surface area contributed by atoms with Crippen LogP contribution in [0.1, 0.15) is 10.4 Å². The van der Waals surface area contributed by atoms with E-state index >= 15 is 0 Å². The fourth-order valence-electron chi connectivity index (χ4n) is 2.49. The third-order valence-corrected chi connectivity index (χ3v) is 4.08. The van der Waals surface area contributed by atoms with E-state index in [2.05, 4.69) is 0 Å². The van der Waals surface area contributed by atoms with Gasteiger partial charge in [0.25, 0.3) is 10.1 Å². The number of likely N-dealkylation sites (tertiary alicyclic amines) is 1. The Hall–Kier alpha value is -2.17. The van der Waals surface area contributed by atoms with Crippen molar-refractivity contribution in [2.45, 2.75) is 18.2 Å². The summed E-state index contributed by atoms with van der Waals surface area (Å²) in [7, 11) is -3.96. The van der Waals surface area contributed by atoms with Crippen molar-refractivity contribution in [1.82, 2.24) is 4.90 Å². The lowest BCUT2D eigenvalue weighted by Crippen LogP contribution is -2.44. The summed E-state index contributed by atoms with van der Waals surface area (Å²) < 4.78 is 32.9. The number of aliphatic hydroxyl groups excluding tert-OH is 1. The molecule has 1 aliphatic heterocycles. The lowest BCUT2D eigenvalue weighted by atomic mass is 10.1. The summed E-state index contributed by atoms with van der Waals surface area (Å²) in [6.07, 6.45) is -3.08. The summed E-state index contributed by atoms with van der Waals surface area (Å²) >= 11 is 0. The van der Waals surface area contributed by atoms with Crippen molar-refractivity contribution in [3.8, 4) is 0 Å². The number of amides is 1. The second-order valence-corrected chi connectivity index (χ2v) is 6.86. The van der Waals surface area contributed by atoms with E-state index in [0.29, 0.717) is 0 Å². The van der Waals surface area contributed by atoms with Gasteiger partial charge in [0.2, 0.25) is 0 Å². The maximum atomic E-state index is 12.1. The summed E-state index contributed by atoms with van der Waals surface area (Å²) in [6, 6.07) is 6.79. The first kappa shape index (κ1) is 18.2. The standard InChI is InChI=1S/C14H17NO8S/c1-24(20,21)23-12-10(8-16)15(14(18)19)7-11(12)22-13(17)9-5-3-2-4-6-9/h2-6,10-12,16H,7-8H2,1H3,(H,18,19). The second kappa shape index (κ2) is 7.16. The lowest BCUT2D eigenvalue weighted by molar-refractivity contribution is 0.00118. The SMILES string of the molecule is CS(=O)(=O)OC1C(OC(=O)c2ccccc2)CN(C(=O)O)C1CO. The van der Waals surface area contributed by atoms with Crippen LogP contribution in [0.3, 0.4) is 0 Å². The van der Waals surface area contributed by atoms with Gasteiger partial charge in [0.05, 0.1) is 31.0 Å². The Morgan fingerprint density at radius 1 is 1.29 bits per heavy atom. The molecular weight excluding hydrogens is 342 g/mol. The molecule has 0 saturated carbocycles. The highest BCUT2D eigenvalue weighted by molar-refractivity contribution is 7.86. The number of benzene rings is 1. The number of carbonyl (C=O) groups is 2. The van der Waals surface area contributed by atoms with Crippen LogP contribution in [-0.4, -0.2) is 73.3 Å². The minimum atomic E-state index is -3.96. The molecule has 1 aliphatic rings. The molecule has 0 aliphatic carbocycles. The molecule has 1 fully saturated rings. The third-order valence-electron chi connectivity index (χ3n) is 3.51. The molecule has 1 saturated heterocycles. The van der Waals surface area contributed by atoms with E-state index in [1.807, 2.05) is 0 Å². The monoisotopic (exact) mass is 359 g/mol. The van der Waals surface area contributed by atoms with E-state index in [1.165, 1.54) is 12.1 Å². The predicted molar refractivity (Wildman–Crippen MR) is 81.0 cm³/mol. The number of hydrogen-bond donors (Lipinski definition) is 2. The minimum absolute atomic E-state index is 0.227. The molecule has 2 rings (SSSR count). The summed E-state index contributed by atoms with van der Waals surface area (Å²) in [5.74, 6) is -0.744. The first-order chi connectivity index (χ1) is 11.2. The van der Waals surface area contributed by atoms with E-state index in [-0.39, 0.29) is 12.1 Å². The molecule has 1 heterocycles. The summed E-state index contributed by atoms with van der Waals surface area (Å²) in [5, 5.41) is 18.6. The zero-order valence-electron chi connectivity index (χ0n) is 12.7. The maximum absolute atomic E-state index is 12.1. The highest BCUT2D eigenvalue weighted by Crippen LogP contribution is 2.26. The molecule has 2 N–H and O–H groups in total. The van der Waals surface area contributed by atoms with Gasteiger partial charge in [-0.15, -0.1) is 0 Å². The number of carboxylic acid groups (broad SMARTS) is 1. The largest absolute Gasteiger partial charge is 0.465 e. The van der Waals surface area contributed by atoms with Gasteiger partial charge in [-0.1, -0.05) is 18.2 Å². The van der Waals surface area contributed by atoms with Crippen LogP contribution in [0.25, 0.3) is 0 Å². The third kappa shape index (κ3) is 4.22. The first-order valence-electron chi connectivity index (χ1n) is 6.97. The molecular formula is C14H17NO8S. The fraction of sp³-hybridized carbons (Fsp3) is 0.429. The van der Waals surface area contributed by atoms with Gasteiger partial charge in [-0.25, -0.2) is 9.59 Å². The van der Waals surface area contributed by atoms with Crippen molar-refractivity contribution in [2.24, 2.45) is 0 Å². The molecule has 0 radical (unpaired) electrons. The topological polar surface area (TPSA) is 130 Å². The molecule has 1 aromatic carbocycles. The van der Waals surface area contributed by atoms with Gasteiger partial charge in [0.15, 0.2) is 0 Å². The molecule has 1 amide bonds. The lowest BCUT2D eigenvalue weighted by Gasteiger charge is -2.23. The number of carbonyl (C=O) groups excluding carboxylic acids is 1. The molecule has 132 valence electrons. The minimum Gasteiger partial charge on any atom is -0.465 e. The normalized spacial score (nSPS) is 23.9. The van der Waals surface area contributed by atoms with Gasteiger partial charge in [0, 0.05) is 0 Å². The predicted octanol–water partition coefficient (Wildman–Crippen LogP) is -0.0887. The molecule has 9 nitrogen and oxygen atoms in total. The van der Waals surface area contributed by atoms with Crippen molar-refractivity contribution in [3.63, 3.8) is 0 Å². The highest BCUT2D eigenvalue weighted by Gasteiger charge is 2.48. The number of nitrogens with zero attached hydrogens (tertiary/aromatic N) is 1. The number of rotatable bonds is 5. The van der Waals surface area contributed by atoms with E-state index in [1.54, 1.807) is 18.2 Å². The van der Waals surface area contributed by atoms with Gasteiger partial charge < -0.3 is 14.9 Å². The van der Waals surface area contributed by atoms with Crippen molar-refractivity contribution in [1.29, 1.82) is 0 Å². The summed E-state index contributed by atoms with van der Waals surface area (Å²) in [4.78, 5) is 24.2. The van der Waals surface area contributed by atoms with Gasteiger partial charge in [0.1, 0.15) is 12.2 Å². The van der Waals surface area contributed by atoms with Gasteiger partial charge in [-0.3, -0.25) is 9.08 Å². The highest BCUT2D eigenvalue weighted by atomic mass is 32.2. The Bertz CT molecular complexity index is 705. The van der Waals surface area contributed by atoms with Crippen LogP contribution in [0.5, 0.6) is 0 Å². The number of hydrogen-bond acceptors (Lipinski definition) is 7. The van der Waals surface area contributed by atoms with Crippen LogP contribution in [0.4, 0.5) is 4.79 Å². The molecule has 0 aromatic heterocycles. The first-order valence-corrected chi connectivity index (χ1v) is 8.79. The van der Waals surface area contributed by atoms with Gasteiger partial charge in [-0.2, -0.15) is 8.42 Å². The molecule has 24 heavy (non-hydrogen) atoms. The van der Waals surface area contributed by atoms with Crippen molar-refractivity contribution in [2.75, 3.05) is 19.4 Å². The van der Waals surface area contributed by atoms with E-state index in [9.17, 15) is 23.1 Å². The van der Waals surface area contributed by atoms with Crippen molar-refractivity contribution >= 4 is 22.2 Å². The van der Waals surface area contributed by atoms with Crippen LogP contribution >= 0.6 is 0 Å². The average Bonchev–Trinajstić information content (AvgIpc) is 2.84. The smallest absolute Gasteiger partial charge is 0.407 e. The zero-order chi connectivity index (χ0) is 17.9. The van der Waals surface area contributed by atoms with Crippen LogP contribution in [0, 0.1) is 0 Å². The quantitative estimate of drug-likeness (QED) is 0.551. The second-order valence-electron chi connectivity index (χ2n) is 5.26. The number of aliphatic hydroxyl groups is 1. The van der Waals surface area contributed by atoms with Gasteiger partial charge >= 0.3 is 12.1 Å².